The van der Waals surface area contributed by atoms with Crippen LogP contribution in [0.15, 0.2) is 94.3 Å². The molecule has 2 N–H and O–H groups in total. The molecule has 0 bridgehead atoms. The van der Waals surface area contributed by atoms with Crippen molar-refractivity contribution in [2.24, 2.45) is 0 Å². The number of rotatable bonds is 3. The van der Waals surface area contributed by atoms with Gasteiger partial charge in [0, 0.05) is 23.0 Å². The summed E-state index contributed by atoms with van der Waals surface area (Å²) in [6.07, 6.45) is 1.90. The van der Waals surface area contributed by atoms with Crippen molar-refractivity contribution in [2.45, 2.75) is 5.92 Å². The van der Waals surface area contributed by atoms with E-state index in [4.69, 9.17) is 4.42 Å². The molecule has 0 fully saturated rings. The van der Waals surface area contributed by atoms with E-state index in [0.717, 1.165) is 22.0 Å². The van der Waals surface area contributed by atoms with Crippen molar-refractivity contribution in [1.29, 1.82) is 0 Å². The number of nitrogens with one attached hydrogen (secondary N) is 1. The van der Waals surface area contributed by atoms with Crippen molar-refractivity contribution in [3.8, 4) is 5.75 Å². The predicted octanol–water partition coefficient (Wildman–Crippen LogP) is 5.16. The van der Waals surface area contributed by atoms with Crippen LogP contribution in [0.3, 0.4) is 0 Å². The van der Waals surface area contributed by atoms with Gasteiger partial charge in [-0.2, -0.15) is 0 Å². The van der Waals surface area contributed by atoms with Crippen LogP contribution in [0.2, 0.25) is 0 Å². The monoisotopic (exact) mass is 367 g/mol. The maximum absolute atomic E-state index is 13.0. The van der Waals surface area contributed by atoms with E-state index in [1.165, 1.54) is 0 Å². The summed E-state index contributed by atoms with van der Waals surface area (Å²) in [6, 6.07) is 24.7. The Kier molecular flexibility index (Phi) is 3.76. The third-order valence-electron chi connectivity index (χ3n) is 5.17. The van der Waals surface area contributed by atoms with Crippen LogP contribution < -0.4 is 5.63 Å². The molecule has 2 heterocycles. The molecule has 136 valence electrons. The van der Waals surface area contributed by atoms with Crippen LogP contribution in [0.5, 0.6) is 5.75 Å². The Labute approximate surface area is 160 Å². The average molecular weight is 367 g/mol. The Balaban J connectivity index is 1.86. The van der Waals surface area contributed by atoms with Crippen LogP contribution in [0.25, 0.3) is 21.9 Å². The van der Waals surface area contributed by atoms with Gasteiger partial charge in [0.15, 0.2) is 0 Å². The van der Waals surface area contributed by atoms with E-state index >= 15 is 0 Å². The summed E-state index contributed by atoms with van der Waals surface area (Å²) in [6.45, 7) is 0. The average Bonchev–Trinajstić information content (AvgIpc) is 3.15. The van der Waals surface area contributed by atoms with Gasteiger partial charge in [-0.05, 0) is 29.3 Å². The Morgan fingerprint density at radius 3 is 2.32 bits per heavy atom. The van der Waals surface area contributed by atoms with Crippen molar-refractivity contribution < 1.29 is 9.52 Å². The molecule has 0 saturated heterocycles. The summed E-state index contributed by atoms with van der Waals surface area (Å²) < 4.78 is 5.56. The highest BCUT2D eigenvalue weighted by molar-refractivity contribution is 5.87. The number of benzene rings is 3. The van der Waals surface area contributed by atoms with E-state index in [1.807, 2.05) is 66.9 Å². The molecule has 0 radical (unpaired) electrons. The number of aromatic amines is 1. The molecule has 0 aliphatic rings. The lowest BCUT2D eigenvalue weighted by Gasteiger charge is -2.18. The molecule has 0 spiro atoms. The number of hydrogen-bond donors (Lipinski definition) is 2. The van der Waals surface area contributed by atoms with Crippen molar-refractivity contribution in [3.63, 3.8) is 0 Å². The first-order chi connectivity index (χ1) is 13.7. The van der Waals surface area contributed by atoms with Gasteiger partial charge in [-0.15, -0.1) is 0 Å². The molecule has 0 aliphatic carbocycles. The van der Waals surface area contributed by atoms with E-state index in [9.17, 15) is 9.90 Å². The zero-order valence-corrected chi connectivity index (χ0v) is 14.9. The highest BCUT2D eigenvalue weighted by Gasteiger charge is 2.28. The van der Waals surface area contributed by atoms with Crippen LogP contribution in [0.1, 0.15) is 22.6 Å². The SMILES string of the molecule is O=c1oc2ccccc2c(O)c1C(c1ccccc1)c1c[nH]c2ccccc12. The lowest BCUT2D eigenvalue weighted by molar-refractivity contribution is 0.455. The number of para-hydroxylation sites is 2. The van der Waals surface area contributed by atoms with Gasteiger partial charge in [0.25, 0.3) is 0 Å². The van der Waals surface area contributed by atoms with Crippen molar-refractivity contribution >= 4 is 21.9 Å². The smallest absolute Gasteiger partial charge is 0.344 e. The van der Waals surface area contributed by atoms with Crippen LogP contribution in [0.4, 0.5) is 0 Å². The molecule has 3 aromatic carbocycles. The summed E-state index contributed by atoms with van der Waals surface area (Å²) in [7, 11) is 0. The zero-order chi connectivity index (χ0) is 19.1. The van der Waals surface area contributed by atoms with Gasteiger partial charge in [0.1, 0.15) is 11.3 Å². The van der Waals surface area contributed by atoms with Crippen molar-refractivity contribution in [2.75, 3.05) is 0 Å². The topological polar surface area (TPSA) is 66.2 Å². The highest BCUT2D eigenvalue weighted by Crippen LogP contribution is 2.40. The number of aromatic nitrogens is 1. The van der Waals surface area contributed by atoms with Gasteiger partial charge in [-0.25, -0.2) is 4.79 Å². The molecular weight excluding hydrogens is 350 g/mol. The third-order valence-corrected chi connectivity index (χ3v) is 5.17. The lowest BCUT2D eigenvalue weighted by atomic mass is 9.85. The quantitative estimate of drug-likeness (QED) is 0.433. The predicted molar refractivity (Wildman–Crippen MR) is 110 cm³/mol. The summed E-state index contributed by atoms with van der Waals surface area (Å²) in [4.78, 5) is 16.2. The van der Waals surface area contributed by atoms with Crippen LogP contribution in [0, 0.1) is 0 Å². The summed E-state index contributed by atoms with van der Waals surface area (Å²) in [5, 5.41) is 12.6. The second-order valence-electron chi connectivity index (χ2n) is 6.78. The van der Waals surface area contributed by atoms with Crippen molar-refractivity contribution in [1.82, 2.24) is 4.98 Å². The molecule has 0 amide bonds. The minimum absolute atomic E-state index is 0.0361. The summed E-state index contributed by atoms with van der Waals surface area (Å²) in [5.41, 5.74) is 2.89. The van der Waals surface area contributed by atoms with E-state index in [2.05, 4.69) is 4.98 Å². The van der Waals surface area contributed by atoms with Crippen molar-refractivity contribution in [3.05, 3.63) is 112 Å². The van der Waals surface area contributed by atoms with Gasteiger partial charge in [-0.1, -0.05) is 60.7 Å². The lowest BCUT2D eigenvalue weighted by Crippen LogP contribution is -2.15. The second-order valence-corrected chi connectivity index (χ2v) is 6.78. The molecule has 5 aromatic rings. The highest BCUT2D eigenvalue weighted by atomic mass is 16.4. The molecule has 4 nitrogen and oxygen atoms in total. The third kappa shape index (κ3) is 2.50. The molecule has 0 aliphatic heterocycles. The van der Waals surface area contributed by atoms with E-state index in [-0.39, 0.29) is 11.3 Å². The first kappa shape index (κ1) is 16.4. The fourth-order valence-electron chi connectivity index (χ4n) is 3.88. The number of hydrogen-bond acceptors (Lipinski definition) is 3. The number of fused-ring (bicyclic) bond motifs is 2. The largest absolute Gasteiger partial charge is 0.507 e. The van der Waals surface area contributed by atoms with Crippen LogP contribution >= 0.6 is 0 Å². The summed E-state index contributed by atoms with van der Waals surface area (Å²) >= 11 is 0. The fourth-order valence-corrected chi connectivity index (χ4v) is 3.88. The van der Waals surface area contributed by atoms with Gasteiger partial charge < -0.3 is 14.5 Å². The van der Waals surface area contributed by atoms with E-state index in [1.54, 1.807) is 18.2 Å². The normalized spacial score (nSPS) is 12.4. The fraction of sp³-hybridized carbons (Fsp3) is 0.0417. The maximum atomic E-state index is 13.0. The standard InChI is InChI=1S/C24H17NO3/c26-23-17-11-5-7-13-20(17)28-24(27)22(23)21(15-8-2-1-3-9-15)18-14-25-19-12-6-4-10-16(18)19/h1-14,21,25-26H. The molecule has 0 saturated carbocycles. The molecule has 2 aromatic heterocycles. The first-order valence-electron chi connectivity index (χ1n) is 9.09. The number of aromatic hydroxyl groups is 1. The van der Waals surface area contributed by atoms with Gasteiger partial charge in [-0.3, -0.25) is 0 Å². The molecule has 1 atom stereocenters. The number of H-pyrrole nitrogens is 1. The minimum atomic E-state index is -0.532. The second kappa shape index (κ2) is 6.43. The summed E-state index contributed by atoms with van der Waals surface area (Å²) in [5.74, 6) is -0.496. The van der Waals surface area contributed by atoms with Gasteiger partial charge in [0.2, 0.25) is 0 Å². The van der Waals surface area contributed by atoms with Gasteiger partial charge >= 0.3 is 5.63 Å². The zero-order valence-electron chi connectivity index (χ0n) is 14.9. The maximum Gasteiger partial charge on any atom is 0.344 e. The molecule has 28 heavy (non-hydrogen) atoms. The molecule has 5 rings (SSSR count). The Hall–Kier alpha value is -3.79. The van der Waals surface area contributed by atoms with Gasteiger partial charge in [0.05, 0.1) is 10.9 Å². The Morgan fingerprint density at radius 1 is 0.821 bits per heavy atom. The molecule has 4 heteroatoms. The molecular formula is C24H17NO3. The minimum Gasteiger partial charge on any atom is -0.507 e. The first-order valence-corrected chi connectivity index (χ1v) is 9.09. The van der Waals surface area contributed by atoms with Crippen LogP contribution in [-0.2, 0) is 0 Å². The Bertz CT molecular complexity index is 1350. The van der Waals surface area contributed by atoms with Crippen LogP contribution in [-0.4, -0.2) is 10.1 Å². The molecule has 1 unspecified atom stereocenters. The van der Waals surface area contributed by atoms with E-state index < -0.39 is 11.5 Å². The Morgan fingerprint density at radius 2 is 1.50 bits per heavy atom. The van der Waals surface area contributed by atoms with E-state index in [0.29, 0.717) is 11.0 Å².